The van der Waals surface area contributed by atoms with Gasteiger partial charge in [0, 0.05) is 0 Å². The Balaban J connectivity index is 2.05. The van der Waals surface area contributed by atoms with Gasteiger partial charge in [-0.2, -0.15) is 0 Å². The van der Waals surface area contributed by atoms with Gasteiger partial charge in [0.15, 0.2) is 0 Å². The summed E-state index contributed by atoms with van der Waals surface area (Å²) in [6, 6.07) is 16.9. The summed E-state index contributed by atoms with van der Waals surface area (Å²) in [5.41, 5.74) is 8.56. The molecule has 0 spiro atoms. The lowest BCUT2D eigenvalue weighted by Gasteiger charge is -2.28. The molecule has 20 heavy (non-hydrogen) atoms. The van der Waals surface area contributed by atoms with E-state index in [-0.39, 0.29) is 6.04 Å². The van der Waals surface area contributed by atoms with Crippen LogP contribution in [0.5, 0.6) is 0 Å². The van der Waals surface area contributed by atoms with Crippen LogP contribution in [0, 0.1) is 0 Å². The first kappa shape index (κ1) is 11.9. The molecule has 0 saturated heterocycles. The summed E-state index contributed by atoms with van der Waals surface area (Å²) in [5.74, 6) is 0. The van der Waals surface area contributed by atoms with E-state index in [2.05, 4.69) is 48.5 Å². The Morgan fingerprint density at radius 1 is 0.950 bits per heavy atom. The minimum atomic E-state index is -0.416. The Morgan fingerprint density at radius 3 is 2.50 bits per heavy atom. The summed E-state index contributed by atoms with van der Waals surface area (Å²) in [4.78, 5) is 0. The lowest BCUT2D eigenvalue weighted by atomic mass is 9.83. The molecule has 0 fully saturated rings. The first-order chi connectivity index (χ1) is 9.74. The molecule has 0 bridgehead atoms. The van der Waals surface area contributed by atoms with Crippen molar-refractivity contribution in [3.05, 3.63) is 59.7 Å². The number of hydrogen-bond donors (Lipinski definition) is 2. The molecule has 100 valence electrons. The second-order valence-electron chi connectivity index (χ2n) is 5.69. The summed E-state index contributed by atoms with van der Waals surface area (Å²) in [6.07, 6.45) is 1.24. The van der Waals surface area contributed by atoms with Gasteiger partial charge in [-0.15, -0.1) is 0 Å². The fourth-order valence-corrected chi connectivity index (χ4v) is 3.36. The average Bonchev–Trinajstić information content (AvgIpc) is 2.48. The van der Waals surface area contributed by atoms with Crippen LogP contribution in [0.4, 0.5) is 0 Å². The Hall–Kier alpha value is -1.90. The predicted molar refractivity (Wildman–Crippen MR) is 82.7 cm³/mol. The molecule has 0 aliphatic heterocycles. The van der Waals surface area contributed by atoms with Crippen molar-refractivity contribution in [2.45, 2.75) is 25.0 Å². The highest BCUT2D eigenvalue weighted by Gasteiger charge is 2.26. The van der Waals surface area contributed by atoms with Gasteiger partial charge in [0.05, 0.1) is 12.1 Å². The van der Waals surface area contributed by atoms with Crippen molar-refractivity contribution in [1.82, 2.24) is 0 Å². The monoisotopic (exact) mass is 263 g/mol. The van der Waals surface area contributed by atoms with Crippen LogP contribution in [0.1, 0.15) is 23.6 Å². The molecular weight excluding hydrogens is 246 g/mol. The third-order valence-corrected chi connectivity index (χ3v) is 4.50. The zero-order valence-corrected chi connectivity index (χ0v) is 11.2. The van der Waals surface area contributed by atoms with Gasteiger partial charge < -0.3 is 10.8 Å². The minimum absolute atomic E-state index is 0.255. The van der Waals surface area contributed by atoms with Crippen LogP contribution < -0.4 is 5.73 Å². The van der Waals surface area contributed by atoms with Crippen LogP contribution in [-0.4, -0.2) is 11.2 Å². The van der Waals surface area contributed by atoms with Crippen LogP contribution in [0.2, 0.25) is 0 Å². The van der Waals surface area contributed by atoms with Gasteiger partial charge in [-0.05, 0) is 57.6 Å². The van der Waals surface area contributed by atoms with Gasteiger partial charge in [-0.3, -0.25) is 0 Å². The largest absolute Gasteiger partial charge is 0.391 e. The van der Waals surface area contributed by atoms with Crippen LogP contribution in [0.3, 0.4) is 0 Å². The fourth-order valence-electron chi connectivity index (χ4n) is 3.36. The number of fused-ring (bicyclic) bond motifs is 4. The molecule has 0 unspecified atom stereocenters. The number of nitrogens with two attached hydrogens (primary N) is 1. The van der Waals surface area contributed by atoms with Crippen molar-refractivity contribution >= 4 is 21.5 Å². The van der Waals surface area contributed by atoms with Gasteiger partial charge in [0.25, 0.3) is 0 Å². The van der Waals surface area contributed by atoms with Gasteiger partial charge >= 0.3 is 0 Å². The first-order valence-corrected chi connectivity index (χ1v) is 7.12. The standard InChI is InChI=1S/C18H17NO/c19-18-15-6-5-13-9-11-3-1-2-4-12(11)10-16(13)14(15)7-8-17(18)20/h1-6,9-10,17-18,20H,7-8,19H2/t17-,18+/m1/s1. The number of rotatable bonds is 0. The van der Waals surface area contributed by atoms with E-state index in [1.807, 2.05) is 0 Å². The highest BCUT2D eigenvalue weighted by molar-refractivity contribution is 6.00. The molecule has 3 aromatic carbocycles. The molecule has 0 aromatic heterocycles. The number of aliphatic hydroxyl groups excluding tert-OH is 1. The fraction of sp³-hybridized carbons (Fsp3) is 0.222. The van der Waals surface area contributed by atoms with Crippen LogP contribution >= 0.6 is 0 Å². The molecule has 4 rings (SSSR count). The minimum Gasteiger partial charge on any atom is -0.391 e. The number of aryl methyl sites for hydroxylation is 1. The zero-order valence-electron chi connectivity index (χ0n) is 11.2. The van der Waals surface area contributed by atoms with E-state index in [1.165, 1.54) is 27.1 Å². The molecule has 3 aromatic rings. The third kappa shape index (κ3) is 1.65. The molecule has 0 radical (unpaired) electrons. The number of hydrogen-bond acceptors (Lipinski definition) is 2. The van der Waals surface area contributed by atoms with Crippen molar-refractivity contribution < 1.29 is 5.11 Å². The molecule has 2 atom stereocenters. The van der Waals surface area contributed by atoms with E-state index >= 15 is 0 Å². The average molecular weight is 263 g/mol. The Morgan fingerprint density at radius 2 is 1.70 bits per heavy atom. The van der Waals surface area contributed by atoms with Gasteiger partial charge in [-0.1, -0.05) is 36.4 Å². The number of benzene rings is 3. The van der Waals surface area contributed by atoms with E-state index in [0.717, 1.165) is 18.4 Å². The summed E-state index contributed by atoms with van der Waals surface area (Å²) < 4.78 is 0. The maximum Gasteiger partial charge on any atom is 0.0736 e. The summed E-state index contributed by atoms with van der Waals surface area (Å²) in [7, 11) is 0. The highest BCUT2D eigenvalue weighted by Crippen LogP contribution is 2.35. The normalized spacial score (nSPS) is 22.1. The Kier molecular flexibility index (Phi) is 2.56. The van der Waals surface area contributed by atoms with E-state index in [9.17, 15) is 5.11 Å². The van der Waals surface area contributed by atoms with Crippen molar-refractivity contribution in [2.75, 3.05) is 0 Å². The molecule has 1 aliphatic carbocycles. The molecule has 2 nitrogen and oxygen atoms in total. The zero-order chi connectivity index (χ0) is 13.7. The van der Waals surface area contributed by atoms with Gasteiger partial charge in [0.2, 0.25) is 0 Å². The molecule has 2 heteroatoms. The van der Waals surface area contributed by atoms with Gasteiger partial charge in [-0.25, -0.2) is 0 Å². The van der Waals surface area contributed by atoms with Crippen molar-refractivity contribution in [3.63, 3.8) is 0 Å². The molecule has 0 amide bonds. The van der Waals surface area contributed by atoms with Crippen molar-refractivity contribution in [2.24, 2.45) is 5.73 Å². The van der Waals surface area contributed by atoms with E-state index < -0.39 is 6.10 Å². The molecule has 0 saturated carbocycles. The van der Waals surface area contributed by atoms with Crippen LogP contribution in [0.15, 0.2) is 48.5 Å². The third-order valence-electron chi connectivity index (χ3n) is 4.50. The summed E-state index contributed by atoms with van der Waals surface area (Å²) in [5, 5.41) is 15.0. The molecular formula is C18H17NO. The SMILES string of the molecule is N[C@H]1c2ccc3cc4ccccc4cc3c2CC[C@H]1O. The smallest absolute Gasteiger partial charge is 0.0736 e. The second kappa shape index (κ2) is 4.30. The molecule has 3 N–H and O–H groups in total. The second-order valence-corrected chi connectivity index (χ2v) is 5.69. The lowest BCUT2D eigenvalue weighted by Crippen LogP contribution is -2.31. The van der Waals surface area contributed by atoms with Crippen LogP contribution in [-0.2, 0) is 6.42 Å². The maximum absolute atomic E-state index is 9.94. The summed E-state index contributed by atoms with van der Waals surface area (Å²) >= 11 is 0. The predicted octanol–water partition coefficient (Wildman–Crippen LogP) is 3.30. The van der Waals surface area contributed by atoms with E-state index in [4.69, 9.17) is 5.73 Å². The Labute approximate surface area is 117 Å². The highest BCUT2D eigenvalue weighted by atomic mass is 16.3. The first-order valence-electron chi connectivity index (χ1n) is 7.12. The van der Waals surface area contributed by atoms with Crippen molar-refractivity contribution in [1.29, 1.82) is 0 Å². The molecule has 1 aliphatic rings. The van der Waals surface area contributed by atoms with E-state index in [0.29, 0.717) is 0 Å². The summed E-state index contributed by atoms with van der Waals surface area (Å²) in [6.45, 7) is 0. The Bertz CT molecular complexity index is 809. The number of aliphatic hydroxyl groups is 1. The lowest BCUT2D eigenvalue weighted by molar-refractivity contribution is 0.128. The maximum atomic E-state index is 9.94. The topological polar surface area (TPSA) is 46.2 Å². The van der Waals surface area contributed by atoms with Crippen LogP contribution in [0.25, 0.3) is 21.5 Å². The van der Waals surface area contributed by atoms with Gasteiger partial charge in [0.1, 0.15) is 0 Å². The molecule has 0 heterocycles. The van der Waals surface area contributed by atoms with Crippen molar-refractivity contribution in [3.8, 4) is 0 Å². The quantitative estimate of drug-likeness (QED) is 0.611. The van der Waals surface area contributed by atoms with E-state index in [1.54, 1.807) is 0 Å².